The van der Waals surface area contributed by atoms with Gasteiger partial charge in [-0.1, -0.05) is 19.1 Å². The normalized spacial score (nSPS) is 26.2. The average Bonchev–Trinajstić information content (AvgIpc) is 3.26. The number of hydrogen-bond acceptors (Lipinski definition) is 5. The molecule has 0 saturated heterocycles. The molecule has 6 heteroatoms. The van der Waals surface area contributed by atoms with Gasteiger partial charge in [-0.25, -0.2) is 4.79 Å². The first-order valence-electron chi connectivity index (χ1n) is 9.69. The van der Waals surface area contributed by atoms with Gasteiger partial charge in [0.25, 0.3) is 0 Å². The van der Waals surface area contributed by atoms with Gasteiger partial charge in [0.1, 0.15) is 0 Å². The average molecular weight is 354 g/mol. The predicted molar refractivity (Wildman–Crippen MR) is 97.7 cm³/mol. The van der Waals surface area contributed by atoms with Crippen LogP contribution >= 0.6 is 0 Å². The number of nitrogens with one attached hydrogen (secondary N) is 2. The summed E-state index contributed by atoms with van der Waals surface area (Å²) in [6.45, 7) is 7.20. The van der Waals surface area contributed by atoms with Crippen LogP contribution in [-0.2, 0) is 14.2 Å². The molecule has 144 valence electrons. The Bertz CT molecular complexity index is 416. The van der Waals surface area contributed by atoms with Gasteiger partial charge in [-0.3, -0.25) is 0 Å². The summed E-state index contributed by atoms with van der Waals surface area (Å²) in [5.74, 6) is 0.737. The lowest BCUT2D eigenvalue weighted by Gasteiger charge is -2.18. The van der Waals surface area contributed by atoms with Crippen LogP contribution in [0.1, 0.15) is 39.0 Å². The van der Waals surface area contributed by atoms with E-state index < -0.39 is 0 Å². The first kappa shape index (κ1) is 20.2. The molecule has 1 saturated carbocycles. The highest BCUT2D eigenvalue weighted by Crippen LogP contribution is 2.58. The summed E-state index contributed by atoms with van der Waals surface area (Å²) in [5.41, 5.74) is 0.253. The lowest BCUT2D eigenvalue weighted by atomic mass is 9.94. The lowest BCUT2D eigenvalue weighted by Crippen LogP contribution is -2.30. The molecule has 2 aliphatic rings. The molecule has 2 atom stereocenters. The summed E-state index contributed by atoms with van der Waals surface area (Å²) in [6.07, 6.45) is 10.0. The summed E-state index contributed by atoms with van der Waals surface area (Å²) >= 11 is 0. The van der Waals surface area contributed by atoms with Crippen LogP contribution < -0.4 is 10.6 Å². The zero-order chi connectivity index (χ0) is 17.8. The standard InChI is InChI=1S/C19H34N2O4/c1-2-20-9-11-23-13-14-24-12-10-21-18(22)25-16-19-8-6-4-3-5-7-17(19)15-19/h3-4,17,20H,2,5-16H2,1H3,(H,21,22)/b4-3-. The largest absolute Gasteiger partial charge is 0.449 e. The highest BCUT2D eigenvalue weighted by molar-refractivity contribution is 5.67. The Balaban J connectivity index is 1.42. The van der Waals surface area contributed by atoms with Gasteiger partial charge in [0.2, 0.25) is 0 Å². The SMILES string of the molecule is CCNCCOCCOCCNC(=O)OCC12CC/C=C\CCC1C2. The first-order chi connectivity index (χ1) is 12.3. The molecule has 2 unspecified atom stereocenters. The van der Waals surface area contributed by atoms with Crippen LogP contribution in [0.15, 0.2) is 12.2 Å². The maximum Gasteiger partial charge on any atom is 0.407 e. The molecular weight excluding hydrogens is 320 g/mol. The predicted octanol–water partition coefficient (Wildman–Crippen LogP) is 2.49. The monoisotopic (exact) mass is 354 g/mol. The van der Waals surface area contributed by atoms with Crippen molar-refractivity contribution in [3.05, 3.63) is 12.2 Å². The fraction of sp³-hybridized carbons (Fsp3) is 0.842. The van der Waals surface area contributed by atoms with E-state index in [0.717, 1.165) is 38.3 Å². The van der Waals surface area contributed by atoms with E-state index in [1.165, 1.54) is 12.8 Å². The van der Waals surface area contributed by atoms with Crippen molar-refractivity contribution in [2.75, 3.05) is 52.7 Å². The van der Waals surface area contributed by atoms with Crippen molar-refractivity contribution < 1.29 is 19.0 Å². The van der Waals surface area contributed by atoms with E-state index in [1.807, 2.05) is 0 Å². The van der Waals surface area contributed by atoms with Crippen molar-refractivity contribution in [2.24, 2.45) is 11.3 Å². The quantitative estimate of drug-likeness (QED) is 0.416. The second-order valence-corrected chi connectivity index (χ2v) is 6.93. The van der Waals surface area contributed by atoms with Crippen LogP contribution in [0.25, 0.3) is 0 Å². The van der Waals surface area contributed by atoms with Crippen LogP contribution in [0.4, 0.5) is 4.79 Å². The zero-order valence-electron chi connectivity index (χ0n) is 15.6. The first-order valence-corrected chi connectivity index (χ1v) is 9.69. The van der Waals surface area contributed by atoms with Gasteiger partial charge in [0.05, 0.1) is 33.0 Å². The fourth-order valence-electron chi connectivity index (χ4n) is 3.43. The number of amides is 1. The van der Waals surface area contributed by atoms with E-state index >= 15 is 0 Å². The molecule has 0 bridgehead atoms. The molecule has 0 spiro atoms. The third kappa shape index (κ3) is 7.75. The third-order valence-corrected chi connectivity index (χ3v) is 5.07. The highest BCUT2D eigenvalue weighted by atomic mass is 16.6. The summed E-state index contributed by atoms with van der Waals surface area (Å²) < 4.78 is 16.3. The van der Waals surface area contributed by atoms with E-state index in [4.69, 9.17) is 14.2 Å². The minimum Gasteiger partial charge on any atom is -0.449 e. The number of likely N-dealkylation sites (N-methyl/N-ethyl adjacent to an activating group) is 1. The molecule has 0 aromatic heterocycles. The zero-order valence-corrected chi connectivity index (χ0v) is 15.6. The molecule has 0 radical (unpaired) electrons. The second kappa shape index (κ2) is 11.5. The Labute approximate surface area is 151 Å². The number of fused-ring (bicyclic) bond motifs is 1. The van der Waals surface area contributed by atoms with Gasteiger partial charge in [0.15, 0.2) is 0 Å². The Morgan fingerprint density at radius 3 is 2.68 bits per heavy atom. The maximum atomic E-state index is 11.8. The molecule has 0 aliphatic heterocycles. The van der Waals surface area contributed by atoms with Gasteiger partial charge in [-0.15, -0.1) is 0 Å². The van der Waals surface area contributed by atoms with Crippen molar-refractivity contribution in [1.82, 2.24) is 10.6 Å². The van der Waals surface area contributed by atoms with Gasteiger partial charge in [-0.2, -0.15) is 0 Å². The number of rotatable bonds is 12. The number of allylic oxidation sites excluding steroid dienone is 2. The van der Waals surface area contributed by atoms with Crippen LogP contribution in [0.3, 0.4) is 0 Å². The highest BCUT2D eigenvalue weighted by Gasteiger charge is 2.53. The topological polar surface area (TPSA) is 68.8 Å². The molecule has 1 fully saturated rings. The van der Waals surface area contributed by atoms with E-state index in [-0.39, 0.29) is 11.5 Å². The number of ether oxygens (including phenoxy) is 3. The van der Waals surface area contributed by atoms with Gasteiger partial charge in [-0.05, 0) is 44.6 Å². The van der Waals surface area contributed by atoms with E-state index in [1.54, 1.807) is 0 Å². The van der Waals surface area contributed by atoms with Crippen molar-refractivity contribution in [2.45, 2.75) is 39.0 Å². The van der Waals surface area contributed by atoms with Crippen molar-refractivity contribution >= 4 is 6.09 Å². The summed E-state index contributed by atoms with van der Waals surface area (Å²) in [4.78, 5) is 11.8. The van der Waals surface area contributed by atoms with E-state index in [9.17, 15) is 4.79 Å². The molecule has 0 aromatic rings. The summed E-state index contributed by atoms with van der Waals surface area (Å²) in [6, 6.07) is 0. The Hall–Kier alpha value is -1.11. The van der Waals surface area contributed by atoms with Crippen molar-refractivity contribution in [3.8, 4) is 0 Å². The minimum atomic E-state index is -0.330. The fourth-order valence-corrected chi connectivity index (χ4v) is 3.43. The molecule has 2 rings (SSSR count). The minimum absolute atomic E-state index is 0.253. The molecule has 0 heterocycles. The van der Waals surface area contributed by atoms with E-state index in [2.05, 4.69) is 29.7 Å². The third-order valence-electron chi connectivity index (χ3n) is 5.07. The van der Waals surface area contributed by atoms with Crippen molar-refractivity contribution in [3.63, 3.8) is 0 Å². The number of alkyl carbamates (subject to hydrolysis) is 1. The van der Waals surface area contributed by atoms with Gasteiger partial charge < -0.3 is 24.8 Å². The summed E-state index contributed by atoms with van der Waals surface area (Å²) in [7, 11) is 0. The van der Waals surface area contributed by atoms with Gasteiger partial charge >= 0.3 is 6.09 Å². The van der Waals surface area contributed by atoms with Crippen LogP contribution in [0.5, 0.6) is 0 Å². The van der Waals surface area contributed by atoms with E-state index in [0.29, 0.717) is 39.6 Å². The number of hydrogen-bond donors (Lipinski definition) is 2. The van der Waals surface area contributed by atoms with Crippen LogP contribution in [0, 0.1) is 11.3 Å². The van der Waals surface area contributed by atoms with Crippen LogP contribution in [-0.4, -0.2) is 58.8 Å². The smallest absolute Gasteiger partial charge is 0.407 e. The molecule has 25 heavy (non-hydrogen) atoms. The Morgan fingerprint density at radius 1 is 1.12 bits per heavy atom. The van der Waals surface area contributed by atoms with Crippen LogP contribution in [0.2, 0.25) is 0 Å². The molecule has 1 amide bonds. The van der Waals surface area contributed by atoms with Gasteiger partial charge in [0, 0.05) is 18.5 Å². The summed E-state index contributed by atoms with van der Waals surface area (Å²) in [5, 5.41) is 5.94. The number of carbonyl (C=O) groups excluding carboxylic acids is 1. The second-order valence-electron chi connectivity index (χ2n) is 6.93. The molecule has 2 N–H and O–H groups in total. The Kier molecular flexibility index (Phi) is 9.29. The molecule has 6 nitrogen and oxygen atoms in total. The lowest BCUT2D eigenvalue weighted by molar-refractivity contribution is 0.0489. The van der Waals surface area contributed by atoms with Crippen molar-refractivity contribution in [1.29, 1.82) is 0 Å². The maximum absolute atomic E-state index is 11.8. The molecular formula is C19H34N2O4. The number of carbonyl (C=O) groups is 1. The Morgan fingerprint density at radius 2 is 1.88 bits per heavy atom. The molecule has 2 aliphatic carbocycles. The molecule has 0 aromatic carbocycles.